The van der Waals surface area contributed by atoms with Crippen LogP contribution in [0.25, 0.3) is 0 Å². The molecule has 0 bridgehead atoms. The van der Waals surface area contributed by atoms with Gasteiger partial charge in [-0.3, -0.25) is 0 Å². The molecule has 0 fully saturated rings. The first kappa shape index (κ1) is 11.0. The third-order valence-corrected chi connectivity index (χ3v) is 2.84. The zero-order valence-corrected chi connectivity index (χ0v) is 10.1. The number of aromatic nitrogens is 1. The Bertz CT molecular complexity index is 474. The van der Waals surface area contributed by atoms with E-state index in [9.17, 15) is 5.11 Å². The van der Waals surface area contributed by atoms with E-state index in [1.54, 1.807) is 12.3 Å². The molecule has 1 heterocycles. The van der Waals surface area contributed by atoms with E-state index in [4.69, 9.17) is 0 Å². The monoisotopic (exact) mass is 278 g/mol. The molecule has 4 heteroatoms. The zero-order chi connectivity index (χ0) is 11.4. The fraction of sp³-hybridized carbons (Fsp3) is 0.0833. The maximum Gasteiger partial charge on any atom is 0.134 e. The number of phenolic OH excluding ortho intramolecular Hbond substituents is 1. The lowest BCUT2D eigenvalue weighted by Crippen LogP contribution is -2.01. The Morgan fingerprint density at radius 1 is 1.19 bits per heavy atom. The molecule has 2 rings (SSSR count). The van der Waals surface area contributed by atoms with Crippen molar-refractivity contribution in [3.63, 3.8) is 0 Å². The highest BCUT2D eigenvalue weighted by atomic mass is 79.9. The quantitative estimate of drug-likeness (QED) is 0.907. The molecule has 0 aliphatic carbocycles. The number of pyridine rings is 1. The van der Waals surface area contributed by atoms with Crippen LogP contribution in [0.1, 0.15) is 5.56 Å². The largest absolute Gasteiger partial charge is 0.506 e. The van der Waals surface area contributed by atoms with Gasteiger partial charge < -0.3 is 10.4 Å². The molecule has 1 aromatic carbocycles. The highest BCUT2D eigenvalue weighted by Crippen LogP contribution is 2.27. The first-order chi connectivity index (χ1) is 7.77. The minimum atomic E-state index is 0.269. The maximum absolute atomic E-state index is 9.77. The normalized spacial score (nSPS) is 10.1. The van der Waals surface area contributed by atoms with Crippen LogP contribution >= 0.6 is 15.9 Å². The molecule has 16 heavy (non-hydrogen) atoms. The first-order valence-corrected chi connectivity index (χ1v) is 5.68. The topological polar surface area (TPSA) is 45.1 Å². The number of aromatic hydroxyl groups is 1. The van der Waals surface area contributed by atoms with Crippen LogP contribution in [0.4, 0.5) is 5.82 Å². The number of halogens is 1. The summed E-state index contributed by atoms with van der Waals surface area (Å²) in [5.74, 6) is 1.06. The highest BCUT2D eigenvalue weighted by Gasteiger charge is 2.04. The molecule has 0 saturated carbocycles. The van der Waals surface area contributed by atoms with Crippen LogP contribution in [-0.4, -0.2) is 10.1 Å². The van der Waals surface area contributed by atoms with Crippen LogP contribution in [0.2, 0.25) is 0 Å². The van der Waals surface area contributed by atoms with E-state index in [-0.39, 0.29) is 5.75 Å². The van der Waals surface area contributed by atoms with Crippen molar-refractivity contribution < 1.29 is 5.11 Å². The second kappa shape index (κ2) is 4.99. The van der Waals surface area contributed by atoms with Crippen molar-refractivity contribution in [2.75, 3.05) is 5.32 Å². The molecule has 0 radical (unpaired) electrons. The lowest BCUT2D eigenvalue weighted by atomic mass is 10.2. The van der Waals surface area contributed by atoms with Gasteiger partial charge in [0.25, 0.3) is 0 Å². The van der Waals surface area contributed by atoms with Crippen molar-refractivity contribution in [3.05, 3.63) is 52.6 Å². The van der Waals surface area contributed by atoms with Crippen molar-refractivity contribution in [1.82, 2.24) is 4.98 Å². The van der Waals surface area contributed by atoms with E-state index in [1.807, 2.05) is 30.3 Å². The van der Waals surface area contributed by atoms with E-state index in [0.29, 0.717) is 11.0 Å². The lowest BCUT2D eigenvalue weighted by molar-refractivity contribution is 0.465. The summed E-state index contributed by atoms with van der Waals surface area (Å²) in [5.41, 5.74) is 0.833. The number of hydrogen-bond donors (Lipinski definition) is 2. The number of hydrogen-bond acceptors (Lipinski definition) is 3. The summed E-state index contributed by atoms with van der Waals surface area (Å²) in [5, 5.41) is 12.9. The summed E-state index contributed by atoms with van der Waals surface area (Å²) in [6.45, 7) is 0.544. The van der Waals surface area contributed by atoms with Crippen LogP contribution in [-0.2, 0) is 6.54 Å². The summed E-state index contributed by atoms with van der Waals surface area (Å²) in [6.07, 6.45) is 1.73. The molecule has 0 aliphatic rings. The SMILES string of the molecule is Oc1c(Br)cccc1CNc1ccccn1. The van der Waals surface area contributed by atoms with E-state index in [2.05, 4.69) is 26.2 Å². The average molecular weight is 279 g/mol. The van der Waals surface area contributed by atoms with Crippen molar-refractivity contribution >= 4 is 21.7 Å². The minimum absolute atomic E-state index is 0.269. The van der Waals surface area contributed by atoms with Crippen molar-refractivity contribution in [1.29, 1.82) is 0 Å². The highest BCUT2D eigenvalue weighted by molar-refractivity contribution is 9.10. The van der Waals surface area contributed by atoms with Crippen LogP contribution in [0.15, 0.2) is 47.1 Å². The van der Waals surface area contributed by atoms with Gasteiger partial charge in [-0.05, 0) is 34.1 Å². The Kier molecular flexibility index (Phi) is 3.41. The molecule has 0 saturated heterocycles. The predicted octanol–water partition coefficient (Wildman–Crippen LogP) is 3.16. The smallest absolute Gasteiger partial charge is 0.134 e. The van der Waals surface area contributed by atoms with E-state index in [1.165, 1.54) is 0 Å². The number of para-hydroxylation sites is 1. The summed E-state index contributed by atoms with van der Waals surface area (Å²) in [4.78, 5) is 4.14. The Morgan fingerprint density at radius 3 is 2.81 bits per heavy atom. The number of anilines is 1. The van der Waals surface area contributed by atoms with E-state index >= 15 is 0 Å². The van der Waals surface area contributed by atoms with Gasteiger partial charge in [-0.15, -0.1) is 0 Å². The van der Waals surface area contributed by atoms with Gasteiger partial charge >= 0.3 is 0 Å². The molecule has 3 nitrogen and oxygen atoms in total. The molecule has 0 aliphatic heterocycles. The standard InChI is InChI=1S/C12H11BrN2O/c13-10-5-3-4-9(12(10)16)8-15-11-6-1-2-7-14-11/h1-7,16H,8H2,(H,14,15). The molecule has 0 spiro atoms. The van der Waals surface area contributed by atoms with Crippen LogP contribution < -0.4 is 5.32 Å². The fourth-order valence-corrected chi connectivity index (χ4v) is 1.76. The summed E-state index contributed by atoms with van der Waals surface area (Å²) in [7, 11) is 0. The molecule has 1 aromatic heterocycles. The van der Waals surface area contributed by atoms with Crippen LogP contribution in [0.5, 0.6) is 5.75 Å². The van der Waals surface area contributed by atoms with Gasteiger partial charge in [0.05, 0.1) is 4.47 Å². The van der Waals surface area contributed by atoms with Gasteiger partial charge in [0.15, 0.2) is 0 Å². The maximum atomic E-state index is 9.77. The molecule has 2 N–H and O–H groups in total. The Labute approximate surface area is 102 Å². The molecular weight excluding hydrogens is 268 g/mol. The van der Waals surface area contributed by atoms with Gasteiger partial charge in [-0.25, -0.2) is 4.98 Å². The van der Waals surface area contributed by atoms with E-state index in [0.717, 1.165) is 11.4 Å². The number of phenols is 1. The summed E-state index contributed by atoms with van der Waals surface area (Å²) in [6, 6.07) is 11.2. The third-order valence-electron chi connectivity index (χ3n) is 2.20. The third kappa shape index (κ3) is 2.52. The first-order valence-electron chi connectivity index (χ1n) is 4.88. The van der Waals surface area contributed by atoms with Gasteiger partial charge in [-0.2, -0.15) is 0 Å². The van der Waals surface area contributed by atoms with Gasteiger partial charge in [0.1, 0.15) is 11.6 Å². The van der Waals surface area contributed by atoms with Gasteiger partial charge in [0, 0.05) is 18.3 Å². The van der Waals surface area contributed by atoms with Crippen molar-refractivity contribution in [2.24, 2.45) is 0 Å². The van der Waals surface area contributed by atoms with Crippen molar-refractivity contribution in [3.8, 4) is 5.75 Å². The molecule has 82 valence electrons. The molecule has 0 atom stereocenters. The zero-order valence-electron chi connectivity index (χ0n) is 8.52. The summed E-state index contributed by atoms with van der Waals surface area (Å²) >= 11 is 3.28. The molecule has 0 amide bonds. The van der Waals surface area contributed by atoms with Crippen LogP contribution in [0.3, 0.4) is 0 Å². The fourth-order valence-electron chi connectivity index (χ4n) is 1.36. The molecule has 2 aromatic rings. The van der Waals surface area contributed by atoms with Crippen LogP contribution in [0, 0.1) is 0 Å². The number of rotatable bonds is 3. The molecular formula is C12H11BrN2O. The summed E-state index contributed by atoms with van der Waals surface area (Å²) < 4.78 is 0.702. The Morgan fingerprint density at radius 2 is 2.06 bits per heavy atom. The second-order valence-electron chi connectivity index (χ2n) is 3.32. The Hall–Kier alpha value is -1.55. The number of nitrogens with one attached hydrogen (secondary N) is 1. The second-order valence-corrected chi connectivity index (χ2v) is 4.17. The predicted molar refractivity (Wildman–Crippen MR) is 67.4 cm³/mol. The number of benzene rings is 1. The van der Waals surface area contributed by atoms with E-state index < -0.39 is 0 Å². The van der Waals surface area contributed by atoms with Gasteiger partial charge in [0.2, 0.25) is 0 Å². The Balaban J connectivity index is 2.08. The molecule has 0 unspecified atom stereocenters. The number of nitrogens with zero attached hydrogens (tertiary/aromatic N) is 1. The van der Waals surface area contributed by atoms with Crippen molar-refractivity contribution in [2.45, 2.75) is 6.54 Å². The van der Waals surface area contributed by atoms with Gasteiger partial charge in [-0.1, -0.05) is 18.2 Å². The average Bonchev–Trinajstić information content (AvgIpc) is 2.32. The minimum Gasteiger partial charge on any atom is -0.506 e. The lowest BCUT2D eigenvalue weighted by Gasteiger charge is -2.08.